The first-order valence-electron chi connectivity index (χ1n) is 19.9. The van der Waals surface area contributed by atoms with Crippen molar-refractivity contribution in [2.45, 2.75) is 19.3 Å². The maximum Gasteiger partial charge on any atom is 0.243 e. The van der Waals surface area contributed by atoms with Crippen LogP contribution >= 0.6 is 7.14 Å². The number of benzene rings is 8. The van der Waals surface area contributed by atoms with Gasteiger partial charge in [0.05, 0.1) is 11.4 Å². The molecule has 0 saturated heterocycles. The summed E-state index contributed by atoms with van der Waals surface area (Å²) in [5.74, 6) is 1.67. The summed E-state index contributed by atoms with van der Waals surface area (Å²) in [4.78, 5) is 2.28. The lowest BCUT2D eigenvalue weighted by molar-refractivity contribution is 0.477. The molecule has 1 aliphatic carbocycles. The average Bonchev–Trinajstić information content (AvgIpc) is 3.48. The van der Waals surface area contributed by atoms with Crippen molar-refractivity contribution in [2.75, 3.05) is 4.90 Å². The number of hydrogen-bond donors (Lipinski definition) is 0. The van der Waals surface area contributed by atoms with Crippen LogP contribution in [0.4, 0.5) is 17.1 Å². The molecule has 0 fully saturated rings. The molecule has 12 rings (SSSR count). The van der Waals surface area contributed by atoms with Crippen LogP contribution in [0.25, 0.3) is 11.1 Å². The highest BCUT2D eigenvalue weighted by Gasteiger charge is 2.50. The fraction of sp³-hybridized carbons (Fsp3) is 0.0588. The van der Waals surface area contributed by atoms with Crippen LogP contribution in [0.1, 0.15) is 25.0 Å². The van der Waals surface area contributed by atoms with E-state index in [-0.39, 0.29) is 18.8 Å². The average molecular weight is 747 g/mol. The molecule has 6 heteroatoms. The summed E-state index contributed by atoms with van der Waals surface area (Å²) in [6.07, 6.45) is 0. The fourth-order valence-electron chi connectivity index (χ4n) is 10.6. The maximum atomic E-state index is 16.4. The van der Waals surface area contributed by atoms with Crippen molar-refractivity contribution >= 4 is 86.3 Å². The SMILES string of the molecule is CC1(C)c2ccccc2-c2ccc(B3c4ccccc4P4(=O)c5ccccc5B(c5ccc(N6c7ccccc7Oc7ccccc76)cc5)c5cccc3c54)cc21. The molecule has 0 bridgehead atoms. The Labute approximate surface area is 334 Å². The smallest absolute Gasteiger partial charge is 0.243 e. The van der Waals surface area contributed by atoms with Crippen LogP contribution in [0.2, 0.25) is 0 Å². The van der Waals surface area contributed by atoms with E-state index in [1.807, 2.05) is 24.3 Å². The molecule has 4 aliphatic rings. The highest BCUT2D eigenvalue weighted by atomic mass is 31.2. The number of hydrogen-bond acceptors (Lipinski definition) is 3. The van der Waals surface area contributed by atoms with Crippen LogP contribution in [0.15, 0.2) is 182 Å². The second kappa shape index (κ2) is 11.9. The molecular formula is C51H36B2NO2P. The third kappa shape index (κ3) is 4.44. The van der Waals surface area contributed by atoms with Crippen molar-refractivity contribution in [1.82, 2.24) is 0 Å². The van der Waals surface area contributed by atoms with Gasteiger partial charge in [-0.05, 0) is 58.7 Å². The molecule has 1 unspecified atom stereocenters. The van der Waals surface area contributed by atoms with E-state index in [0.29, 0.717) is 0 Å². The van der Waals surface area contributed by atoms with Crippen molar-refractivity contribution in [3.63, 3.8) is 0 Å². The second-order valence-electron chi connectivity index (χ2n) is 16.3. The van der Waals surface area contributed by atoms with E-state index >= 15 is 4.57 Å². The first-order valence-corrected chi connectivity index (χ1v) is 21.6. The molecule has 0 aromatic heterocycles. The molecule has 0 amide bonds. The molecule has 0 N–H and O–H groups in total. The van der Waals surface area contributed by atoms with Crippen molar-refractivity contribution in [1.29, 1.82) is 0 Å². The van der Waals surface area contributed by atoms with Crippen molar-refractivity contribution < 1.29 is 9.30 Å². The Kier molecular flexibility index (Phi) is 6.85. The molecule has 57 heavy (non-hydrogen) atoms. The van der Waals surface area contributed by atoms with Gasteiger partial charge < -0.3 is 14.2 Å². The van der Waals surface area contributed by atoms with Crippen molar-refractivity contribution in [3.8, 4) is 22.6 Å². The lowest BCUT2D eigenvalue weighted by Gasteiger charge is -2.41. The van der Waals surface area contributed by atoms with Gasteiger partial charge in [-0.15, -0.1) is 0 Å². The Bertz CT molecular complexity index is 3000. The standard InChI is InChI=1S/C51H36B2NO2P/c1-51(2)38-15-4-3-14-36(38)37-31-28-34(32-39(37)51)53-41-17-6-12-25-49(41)57(55)48-24-11-5-16-40(48)52(42-18-13-19-43(53)50(42)57)33-26-29-35(30-27-33)54-44-20-7-9-22-46(44)56-47-23-10-8-21-45(47)54/h3-32H,1-2H3. The summed E-state index contributed by atoms with van der Waals surface area (Å²) in [5, 5.41) is 2.93. The molecule has 3 nitrogen and oxygen atoms in total. The van der Waals surface area contributed by atoms with Gasteiger partial charge in [-0.25, -0.2) is 0 Å². The van der Waals surface area contributed by atoms with Crippen LogP contribution in [0.5, 0.6) is 11.5 Å². The Morgan fingerprint density at radius 1 is 0.491 bits per heavy atom. The summed E-state index contributed by atoms with van der Waals surface area (Å²) >= 11 is 0. The molecule has 0 saturated carbocycles. The zero-order valence-corrected chi connectivity index (χ0v) is 32.6. The predicted molar refractivity (Wildman–Crippen MR) is 240 cm³/mol. The van der Waals surface area contributed by atoms with Gasteiger partial charge in [-0.3, -0.25) is 0 Å². The van der Waals surface area contributed by atoms with Gasteiger partial charge in [0.1, 0.15) is 0 Å². The van der Waals surface area contributed by atoms with E-state index in [9.17, 15) is 0 Å². The number of ether oxygens (including phenoxy) is 1. The normalized spacial score (nSPS) is 17.3. The van der Waals surface area contributed by atoms with E-state index < -0.39 is 7.14 Å². The van der Waals surface area contributed by atoms with Crippen LogP contribution in [0, 0.1) is 0 Å². The number of anilines is 3. The third-order valence-corrected chi connectivity index (χ3v) is 16.4. The van der Waals surface area contributed by atoms with Crippen LogP contribution in [-0.4, -0.2) is 13.4 Å². The summed E-state index contributed by atoms with van der Waals surface area (Å²) < 4.78 is 22.7. The van der Waals surface area contributed by atoms with Crippen LogP contribution < -0.4 is 58.3 Å². The highest BCUT2D eigenvalue weighted by molar-refractivity contribution is 7.88. The molecule has 0 radical (unpaired) electrons. The molecule has 3 aliphatic heterocycles. The third-order valence-electron chi connectivity index (χ3n) is 13.1. The lowest BCUT2D eigenvalue weighted by Crippen LogP contribution is -2.74. The van der Waals surface area contributed by atoms with E-state index in [0.717, 1.165) is 66.3 Å². The summed E-state index contributed by atoms with van der Waals surface area (Å²) in [6, 6.07) is 65.0. The number of nitrogens with zero attached hydrogens (tertiary/aromatic N) is 1. The van der Waals surface area contributed by atoms with Gasteiger partial charge >= 0.3 is 0 Å². The lowest BCUT2D eigenvalue weighted by atomic mass is 9.33. The van der Waals surface area contributed by atoms with Gasteiger partial charge in [0.25, 0.3) is 0 Å². The highest BCUT2D eigenvalue weighted by Crippen LogP contribution is 2.51. The monoisotopic (exact) mass is 747 g/mol. The Hall–Kier alpha value is -6.28. The molecule has 3 heterocycles. The first-order chi connectivity index (χ1) is 27.9. The van der Waals surface area contributed by atoms with Gasteiger partial charge in [-0.1, -0.05) is 192 Å². The zero-order valence-electron chi connectivity index (χ0n) is 31.7. The van der Waals surface area contributed by atoms with E-state index in [2.05, 4.69) is 176 Å². The maximum absolute atomic E-state index is 16.4. The molecular weight excluding hydrogens is 711 g/mol. The van der Waals surface area contributed by atoms with Crippen molar-refractivity contribution in [3.05, 3.63) is 193 Å². The quantitative estimate of drug-likeness (QED) is 0.146. The molecule has 1 atom stereocenters. The minimum absolute atomic E-state index is 0.0576. The van der Waals surface area contributed by atoms with Crippen LogP contribution in [-0.2, 0) is 9.98 Å². The predicted octanol–water partition coefficient (Wildman–Crippen LogP) is 6.87. The molecule has 0 spiro atoms. The second-order valence-corrected chi connectivity index (χ2v) is 18.9. The Morgan fingerprint density at radius 3 is 1.67 bits per heavy atom. The number of para-hydroxylation sites is 4. The Balaban J connectivity index is 1.04. The zero-order chi connectivity index (χ0) is 38.0. The summed E-state index contributed by atoms with van der Waals surface area (Å²) in [5.41, 5.74) is 15.3. The summed E-state index contributed by atoms with van der Waals surface area (Å²) in [6.45, 7) is 4.55. The number of fused-ring (bicyclic) bond motifs is 9. The fourth-order valence-corrected chi connectivity index (χ4v) is 14.2. The molecule has 8 aromatic carbocycles. The Morgan fingerprint density at radius 2 is 1.00 bits per heavy atom. The van der Waals surface area contributed by atoms with Gasteiger partial charge in [0.2, 0.25) is 13.4 Å². The van der Waals surface area contributed by atoms with E-state index in [1.54, 1.807) is 0 Å². The van der Waals surface area contributed by atoms with Gasteiger partial charge in [0.15, 0.2) is 18.6 Å². The topological polar surface area (TPSA) is 29.5 Å². The minimum atomic E-state index is -3.25. The van der Waals surface area contributed by atoms with Gasteiger partial charge in [-0.2, -0.15) is 0 Å². The van der Waals surface area contributed by atoms with Gasteiger partial charge in [0, 0.05) is 27.0 Å². The van der Waals surface area contributed by atoms with Crippen LogP contribution in [0.3, 0.4) is 0 Å². The first kappa shape index (κ1) is 32.9. The summed E-state index contributed by atoms with van der Waals surface area (Å²) in [7, 11) is -3.25. The van der Waals surface area contributed by atoms with E-state index in [1.165, 1.54) is 33.2 Å². The number of rotatable bonds is 3. The van der Waals surface area contributed by atoms with E-state index in [4.69, 9.17) is 4.74 Å². The van der Waals surface area contributed by atoms with Crippen molar-refractivity contribution in [2.24, 2.45) is 0 Å². The molecule has 8 aromatic rings. The largest absolute Gasteiger partial charge is 0.453 e. The minimum Gasteiger partial charge on any atom is -0.453 e. The molecule has 268 valence electrons.